The van der Waals surface area contributed by atoms with Crippen molar-refractivity contribution >= 4 is 18.5 Å². The number of halogens is 1. The highest BCUT2D eigenvalue weighted by molar-refractivity contribution is 5.85. The third kappa shape index (κ3) is 4.21. The van der Waals surface area contributed by atoms with Crippen LogP contribution in [0.25, 0.3) is 0 Å². The molecule has 1 aliphatic carbocycles. The Bertz CT molecular complexity index is 465. The van der Waals surface area contributed by atoms with Gasteiger partial charge in [0.2, 0.25) is 0 Å². The number of nitrogens with zero attached hydrogens (tertiary/aromatic N) is 2. The van der Waals surface area contributed by atoms with Crippen molar-refractivity contribution in [3.63, 3.8) is 0 Å². The molecule has 1 aromatic rings. The van der Waals surface area contributed by atoms with E-state index in [1.165, 1.54) is 4.68 Å². The highest BCUT2D eigenvalue weighted by Gasteiger charge is 2.24. The standard InChI is InChI=1S/C14H23N3O2.ClH/c1-5-15-11-6-7-12-10(8-11)9-17(16-12)13(18)19-14(2,3)4;/h9,11,15H,5-8H2,1-4H3;1H. The number of nitrogens with one attached hydrogen (secondary N) is 1. The minimum atomic E-state index is -0.490. The molecule has 114 valence electrons. The quantitative estimate of drug-likeness (QED) is 0.912. The highest BCUT2D eigenvalue weighted by Crippen LogP contribution is 2.20. The maximum Gasteiger partial charge on any atom is 0.435 e. The molecule has 0 spiro atoms. The lowest BCUT2D eigenvalue weighted by molar-refractivity contribution is 0.0514. The lowest BCUT2D eigenvalue weighted by atomic mass is 9.94. The van der Waals surface area contributed by atoms with Gasteiger partial charge in [-0.2, -0.15) is 9.78 Å². The first-order valence-electron chi connectivity index (χ1n) is 6.93. The van der Waals surface area contributed by atoms with Crippen molar-refractivity contribution in [2.45, 2.75) is 58.6 Å². The number of rotatable bonds is 2. The molecule has 0 saturated carbocycles. The normalized spacial score (nSPS) is 18.1. The van der Waals surface area contributed by atoms with Gasteiger partial charge in [-0.1, -0.05) is 6.92 Å². The summed E-state index contributed by atoms with van der Waals surface area (Å²) in [7, 11) is 0. The summed E-state index contributed by atoms with van der Waals surface area (Å²) in [5.74, 6) is 0. The Morgan fingerprint density at radius 2 is 2.25 bits per heavy atom. The molecule has 0 aromatic carbocycles. The van der Waals surface area contributed by atoms with Gasteiger partial charge in [-0.15, -0.1) is 12.4 Å². The Kier molecular flexibility index (Phi) is 5.59. The van der Waals surface area contributed by atoms with Crippen LogP contribution >= 0.6 is 12.4 Å². The molecule has 0 bridgehead atoms. The van der Waals surface area contributed by atoms with Crippen LogP contribution in [-0.2, 0) is 17.6 Å². The van der Waals surface area contributed by atoms with Gasteiger partial charge in [0.05, 0.1) is 5.69 Å². The molecule has 0 fully saturated rings. The molecule has 1 atom stereocenters. The summed E-state index contributed by atoms with van der Waals surface area (Å²) in [6.45, 7) is 8.65. The van der Waals surface area contributed by atoms with Crippen molar-refractivity contribution in [2.24, 2.45) is 0 Å². The highest BCUT2D eigenvalue weighted by atomic mass is 35.5. The Hall–Kier alpha value is -1.07. The molecular weight excluding hydrogens is 278 g/mol. The Morgan fingerprint density at radius 1 is 1.55 bits per heavy atom. The fourth-order valence-corrected chi connectivity index (χ4v) is 2.37. The van der Waals surface area contributed by atoms with Crippen molar-refractivity contribution in [3.05, 3.63) is 17.5 Å². The van der Waals surface area contributed by atoms with Gasteiger partial charge in [0.25, 0.3) is 0 Å². The SMILES string of the molecule is CCNC1CCc2nn(C(=O)OC(C)(C)C)cc2C1.Cl. The zero-order chi connectivity index (χ0) is 14.0. The smallest absolute Gasteiger partial charge is 0.435 e. The summed E-state index contributed by atoms with van der Waals surface area (Å²) in [5.41, 5.74) is 1.69. The number of carbonyl (C=O) groups excluding carboxylic acids is 1. The van der Waals surface area contributed by atoms with E-state index in [1.54, 1.807) is 0 Å². The third-order valence-electron chi connectivity index (χ3n) is 3.15. The van der Waals surface area contributed by atoms with Crippen LogP contribution in [0.4, 0.5) is 4.79 Å². The van der Waals surface area contributed by atoms with Crippen molar-refractivity contribution in [3.8, 4) is 0 Å². The van der Waals surface area contributed by atoms with E-state index in [4.69, 9.17) is 4.74 Å². The van der Waals surface area contributed by atoms with E-state index in [2.05, 4.69) is 17.3 Å². The summed E-state index contributed by atoms with van der Waals surface area (Å²) in [5, 5.41) is 7.79. The molecule has 0 aliphatic heterocycles. The van der Waals surface area contributed by atoms with Crippen LogP contribution in [0.15, 0.2) is 6.20 Å². The lowest BCUT2D eigenvalue weighted by Gasteiger charge is -2.21. The van der Waals surface area contributed by atoms with Crippen LogP contribution < -0.4 is 5.32 Å². The predicted octanol–water partition coefficient (Wildman–Crippen LogP) is 2.55. The van der Waals surface area contributed by atoms with E-state index in [9.17, 15) is 4.79 Å². The van der Waals surface area contributed by atoms with Gasteiger partial charge in [-0.25, -0.2) is 4.79 Å². The topological polar surface area (TPSA) is 56.2 Å². The molecule has 20 heavy (non-hydrogen) atoms. The Labute approximate surface area is 126 Å². The first-order chi connectivity index (χ1) is 8.89. The molecular formula is C14H24ClN3O2. The third-order valence-corrected chi connectivity index (χ3v) is 3.15. The number of ether oxygens (including phenoxy) is 1. The Balaban J connectivity index is 0.00000200. The summed E-state index contributed by atoms with van der Waals surface area (Å²) in [6, 6.07) is 0.494. The predicted molar refractivity (Wildman–Crippen MR) is 80.6 cm³/mol. The monoisotopic (exact) mass is 301 g/mol. The molecule has 5 nitrogen and oxygen atoms in total. The summed E-state index contributed by atoms with van der Waals surface area (Å²) < 4.78 is 6.66. The number of hydrogen-bond acceptors (Lipinski definition) is 4. The van der Waals surface area contributed by atoms with Crippen LogP contribution in [-0.4, -0.2) is 34.1 Å². The van der Waals surface area contributed by atoms with Gasteiger partial charge in [0.15, 0.2) is 0 Å². The van der Waals surface area contributed by atoms with Gasteiger partial charge in [0.1, 0.15) is 5.60 Å². The average Bonchev–Trinajstić information content (AvgIpc) is 2.70. The van der Waals surface area contributed by atoms with E-state index in [1.807, 2.05) is 27.0 Å². The van der Waals surface area contributed by atoms with Gasteiger partial charge >= 0.3 is 6.09 Å². The lowest BCUT2D eigenvalue weighted by Crippen LogP contribution is -2.33. The maximum absolute atomic E-state index is 11.9. The molecule has 6 heteroatoms. The van der Waals surface area contributed by atoms with Crippen LogP contribution in [0.3, 0.4) is 0 Å². The summed E-state index contributed by atoms with van der Waals surface area (Å²) >= 11 is 0. The number of aromatic nitrogens is 2. The van der Waals surface area contributed by atoms with Gasteiger partial charge in [-0.05, 0) is 52.1 Å². The van der Waals surface area contributed by atoms with Crippen molar-refractivity contribution in [1.82, 2.24) is 15.1 Å². The molecule has 0 saturated heterocycles. The zero-order valence-electron chi connectivity index (χ0n) is 12.6. The van der Waals surface area contributed by atoms with Crippen molar-refractivity contribution < 1.29 is 9.53 Å². The molecule has 1 aliphatic rings. The molecule has 1 N–H and O–H groups in total. The summed E-state index contributed by atoms with van der Waals surface area (Å²) in [6.07, 6.45) is 4.34. The first-order valence-corrected chi connectivity index (χ1v) is 6.93. The number of fused-ring (bicyclic) bond motifs is 1. The van der Waals surface area contributed by atoms with Crippen molar-refractivity contribution in [2.75, 3.05) is 6.54 Å². The second kappa shape index (κ2) is 6.59. The molecule has 0 amide bonds. The molecule has 2 rings (SSSR count). The fourth-order valence-electron chi connectivity index (χ4n) is 2.37. The van der Waals surface area contributed by atoms with Crippen LogP contribution in [0.5, 0.6) is 0 Å². The maximum atomic E-state index is 11.9. The molecule has 0 radical (unpaired) electrons. The second-order valence-corrected chi connectivity index (χ2v) is 6.02. The minimum absolute atomic E-state index is 0. The number of hydrogen-bond donors (Lipinski definition) is 1. The van der Waals surface area contributed by atoms with Gasteiger partial charge in [-0.3, -0.25) is 0 Å². The zero-order valence-corrected chi connectivity index (χ0v) is 13.4. The number of carbonyl (C=O) groups is 1. The number of likely N-dealkylation sites (N-methyl/N-ethyl adjacent to an activating group) is 1. The van der Waals surface area contributed by atoms with E-state index in [-0.39, 0.29) is 12.4 Å². The average molecular weight is 302 g/mol. The van der Waals surface area contributed by atoms with Gasteiger partial charge in [0, 0.05) is 12.2 Å². The molecule has 1 aromatic heterocycles. The van der Waals surface area contributed by atoms with Crippen molar-refractivity contribution in [1.29, 1.82) is 0 Å². The van der Waals surface area contributed by atoms with Crippen LogP contribution in [0.2, 0.25) is 0 Å². The van der Waals surface area contributed by atoms with E-state index < -0.39 is 11.7 Å². The van der Waals surface area contributed by atoms with Crippen LogP contribution in [0, 0.1) is 0 Å². The van der Waals surface area contributed by atoms with E-state index in [0.717, 1.165) is 37.1 Å². The van der Waals surface area contributed by atoms with E-state index >= 15 is 0 Å². The van der Waals surface area contributed by atoms with E-state index in [0.29, 0.717) is 6.04 Å². The molecule has 1 unspecified atom stereocenters. The summed E-state index contributed by atoms with van der Waals surface area (Å²) in [4.78, 5) is 11.9. The molecule has 1 heterocycles. The van der Waals surface area contributed by atoms with Gasteiger partial charge < -0.3 is 10.1 Å². The second-order valence-electron chi connectivity index (χ2n) is 6.02. The Morgan fingerprint density at radius 3 is 2.85 bits per heavy atom. The first kappa shape index (κ1) is 17.0. The largest absolute Gasteiger partial charge is 0.442 e. The number of aryl methyl sites for hydroxylation is 1. The van der Waals surface area contributed by atoms with Crippen LogP contribution in [0.1, 0.15) is 45.4 Å². The fraction of sp³-hybridized carbons (Fsp3) is 0.714. The minimum Gasteiger partial charge on any atom is -0.442 e.